The second-order valence-corrected chi connectivity index (χ2v) is 10.5. The van der Waals surface area contributed by atoms with Crippen LogP contribution in [0.5, 0.6) is 0 Å². The van der Waals surface area contributed by atoms with Crippen molar-refractivity contribution in [3.05, 3.63) is 123 Å². The van der Waals surface area contributed by atoms with Crippen molar-refractivity contribution in [1.29, 1.82) is 0 Å². The van der Waals surface area contributed by atoms with E-state index in [9.17, 15) is 18.0 Å². The molecular weight excluding hydrogens is 486 g/mol. The van der Waals surface area contributed by atoms with Crippen LogP contribution < -0.4 is 10.3 Å². The van der Waals surface area contributed by atoms with Crippen molar-refractivity contribution in [3.8, 4) is 5.69 Å². The van der Waals surface area contributed by atoms with Gasteiger partial charge in [0.1, 0.15) is 0 Å². The Bertz CT molecular complexity index is 1500. The smallest absolute Gasteiger partial charge is 0.275 e. The maximum Gasteiger partial charge on any atom is 0.275 e. The summed E-state index contributed by atoms with van der Waals surface area (Å²) in [4.78, 5) is 27.4. The summed E-state index contributed by atoms with van der Waals surface area (Å²) in [5, 5.41) is 3.55. The highest BCUT2D eigenvalue weighted by molar-refractivity contribution is 7.88. The number of nitrogens with zero attached hydrogens (tertiary/aromatic N) is 1. The molecule has 0 saturated heterocycles. The number of carbonyl (C=O) groups excluding carboxylic acids is 1. The van der Waals surface area contributed by atoms with E-state index in [-0.39, 0.29) is 11.1 Å². The molecule has 7 nitrogen and oxygen atoms in total. The Hall–Kier alpha value is -3.46. The van der Waals surface area contributed by atoms with Crippen LogP contribution in [0.4, 0.5) is 0 Å². The van der Waals surface area contributed by atoms with Crippen LogP contribution in [0.15, 0.2) is 89.7 Å². The first-order valence-corrected chi connectivity index (χ1v) is 13.1. The molecule has 0 aliphatic carbocycles. The summed E-state index contributed by atoms with van der Waals surface area (Å²) in [7, 11) is -3.83. The lowest BCUT2D eigenvalue weighted by Crippen LogP contribution is -2.46. The number of aromatic nitrogens is 2. The van der Waals surface area contributed by atoms with Crippen LogP contribution in [0, 0.1) is 6.92 Å². The van der Waals surface area contributed by atoms with Crippen LogP contribution >= 0.6 is 11.6 Å². The number of benzene rings is 3. The Labute approximate surface area is 208 Å². The van der Waals surface area contributed by atoms with Gasteiger partial charge in [0.05, 0.1) is 18.0 Å². The molecule has 0 bridgehead atoms. The van der Waals surface area contributed by atoms with E-state index in [4.69, 9.17) is 11.6 Å². The highest BCUT2D eigenvalue weighted by Crippen LogP contribution is 2.31. The Balaban J connectivity index is 1.96. The molecule has 4 rings (SSSR count). The topological polar surface area (TPSA) is 101 Å². The first kappa shape index (κ1) is 24.7. The van der Waals surface area contributed by atoms with Crippen molar-refractivity contribution >= 4 is 27.4 Å². The summed E-state index contributed by atoms with van der Waals surface area (Å²) in [5.41, 5.74) is 1.92. The zero-order chi connectivity index (χ0) is 25.2. The second kappa shape index (κ2) is 10.0. The Morgan fingerprint density at radius 3 is 2.09 bits per heavy atom. The molecule has 0 aliphatic heterocycles. The number of hydrogen-bond donors (Lipinski definition) is 2. The van der Waals surface area contributed by atoms with Crippen LogP contribution in [-0.2, 0) is 10.0 Å². The number of aromatic amines is 1. The van der Waals surface area contributed by atoms with Crippen LogP contribution in [0.2, 0.25) is 5.02 Å². The fourth-order valence-electron chi connectivity index (χ4n) is 4.17. The molecule has 4 aromatic rings. The number of aryl methyl sites for hydroxylation is 1. The van der Waals surface area contributed by atoms with Gasteiger partial charge in [0, 0.05) is 27.8 Å². The van der Waals surface area contributed by atoms with Gasteiger partial charge in [-0.25, -0.2) is 17.8 Å². The van der Waals surface area contributed by atoms with Crippen LogP contribution in [0.1, 0.15) is 33.1 Å². The molecule has 2 atom stereocenters. The van der Waals surface area contributed by atoms with Gasteiger partial charge in [0.15, 0.2) is 5.78 Å². The molecule has 0 amide bonds. The van der Waals surface area contributed by atoms with E-state index in [0.717, 1.165) is 6.26 Å². The maximum atomic E-state index is 13.7. The Morgan fingerprint density at radius 2 is 1.51 bits per heavy atom. The molecule has 2 N–H and O–H groups in total. The number of carbonyl (C=O) groups is 1. The highest BCUT2D eigenvalue weighted by atomic mass is 35.5. The van der Waals surface area contributed by atoms with E-state index in [1.54, 1.807) is 85.8 Å². The fourth-order valence-corrected chi connectivity index (χ4v) is 5.00. The monoisotopic (exact) mass is 509 g/mol. The number of Topliss-reactive ketones (excluding diaryl/α,β-unsaturated/α-hetero) is 1. The zero-order valence-corrected chi connectivity index (χ0v) is 20.7. The summed E-state index contributed by atoms with van der Waals surface area (Å²) in [6.45, 7) is 1.73. The van der Waals surface area contributed by atoms with Crippen LogP contribution in [0.3, 0.4) is 0 Å². The van der Waals surface area contributed by atoms with E-state index in [2.05, 4.69) is 9.82 Å². The number of sulfonamides is 1. The minimum Gasteiger partial charge on any atom is -0.295 e. The van der Waals surface area contributed by atoms with Gasteiger partial charge in [0.2, 0.25) is 10.0 Å². The standard InChI is InChI=1S/C26H24ClN3O4S/c1-17-22(26(32)30(28-17)21-11-7-4-8-12-21)23(18-13-15-20(27)16-14-18)24(29-35(2,33)34)25(31)19-9-5-3-6-10-19/h3-16,23-24,28-29H,1-2H3/t23-,24+/m0/s1. The first-order chi connectivity index (χ1) is 16.7. The summed E-state index contributed by atoms with van der Waals surface area (Å²) >= 11 is 6.10. The molecule has 35 heavy (non-hydrogen) atoms. The molecule has 0 saturated carbocycles. The van der Waals surface area contributed by atoms with Crippen LogP contribution in [0.25, 0.3) is 5.69 Å². The molecule has 0 aliphatic rings. The second-order valence-electron chi connectivity index (χ2n) is 8.25. The molecule has 0 fully saturated rings. The van der Waals surface area contributed by atoms with Gasteiger partial charge in [0.25, 0.3) is 5.56 Å². The third kappa shape index (κ3) is 5.45. The van der Waals surface area contributed by atoms with Gasteiger partial charge in [-0.1, -0.05) is 72.3 Å². The van der Waals surface area contributed by atoms with Gasteiger partial charge >= 0.3 is 0 Å². The van der Waals surface area contributed by atoms with Crippen molar-refractivity contribution in [1.82, 2.24) is 14.5 Å². The molecule has 3 aromatic carbocycles. The first-order valence-electron chi connectivity index (χ1n) is 10.8. The van der Waals surface area contributed by atoms with E-state index in [0.29, 0.717) is 27.5 Å². The number of para-hydroxylation sites is 1. The SMILES string of the molecule is Cc1[nH]n(-c2ccccc2)c(=O)c1[C@H](c1ccc(Cl)cc1)[C@@H](NS(C)(=O)=O)C(=O)c1ccccc1. The maximum absolute atomic E-state index is 13.7. The average Bonchev–Trinajstić information content (AvgIpc) is 3.13. The number of nitrogens with one attached hydrogen (secondary N) is 2. The van der Waals surface area contributed by atoms with Gasteiger partial charge in [-0.2, -0.15) is 0 Å². The van der Waals surface area contributed by atoms with Crippen molar-refractivity contribution in [2.24, 2.45) is 0 Å². The van der Waals surface area contributed by atoms with E-state index in [1.165, 1.54) is 4.68 Å². The fraction of sp³-hybridized carbons (Fsp3) is 0.154. The predicted octanol–water partition coefficient (Wildman–Crippen LogP) is 4.06. The third-order valence-electron chi connectivity index (χ3n) is 5.69. The number of rotatable bonds is 8. The number of halogens is 1. The molecule has 0 unspecified atom stereocenters. The summed E-state index contributed by atoms with van der Waals surface area (Å²) in [6.07, 6.45) is 0.990. The largest absolute Gasteiger partial charge is 0.295 e. The molecule has 0 spiro atoms. The Morgan fingerprint density at radius 1 is 0.943 bits per heavy atom. The minimum absolute atomic E-state index is 0.279. The van der Waals surface area contributed by atoms with E-state index in [1.807, 2.05) is 6.07 Å². The quantitative estimate of drug-likeness (QED) is 0.350. The van der Waals surface area contributed by atoms with Crippen molar-refractivity contribution < 1.29 is 13.2 Å². The summed E-state index contributed by atoms with van der Waals surface area (Å²) in [6, 6.07) is 22.8. The lowest BCUT2D eigenvalue weighted by molar-refractivity contribution is 0.0945. The molecule has 9 heteroatoms. The van der Waals surface area contributed by atoms with Gasteiger partial charge in [-0.05, 0) is 36.8 Å². The molecule has 0 radical (unpaired) electrons. The number of hydrogen-bond acceptors (Lipinski definition) is 4. The number of ketones is 1. The molecule has 180 valence electrons. The van der Waals surface area contributed by atoms with Gasteiger partial charge in [-0.15, -0.1) is 0 Å². The third-order valence-corrected chi connectivity index (χ3v) is 6.62. The predicted molar refractivity (Wildman–Crippen MR) is 137 cm³/mol. The zero-order valence-electron chi connectivity index (χ0n) is 19.1. The lowest BCUT2D eigenvalue weighted by atomic mass is 9.82. The molecular formula is C26H24ClN3O4S. The molecule has 1 heterocycles. The summed E-state index contributed by atoms with van der Waals surface area (Å²) < 4.78 is 28.7. The van der Waals surface area contributed by atoms with Gasteiger partial charge in [-0.3, -0.25) is 14.7 Å². The van der Waals surface area contributed by atoms with Crippen LogP contribution in [-0.4, -0.2) is 36.3 Å². The van der Waals surface area contributed by atoms with Crippen molar-refractivity contribution in [2.75, 3.05) is 6.26 Å². The van der Waals surface area contributed by atoms with Crippen molar-refractivity contribution in [2.45, 2.75) is 18.9 Å². The van der Waals surface area contributed by atoms with E-state index < -0.39 is 27.8 Å². The highest BCUT2D eigenvalue weighted by Gasteiger charge is 2.37. The van der Waals surface area contributed by atoms with Crippen molar-refractivity contribution in [3.63, 3.8) is 0 Å². The lowest BCUT2D eigenvalue weighted by Gasteiger charge is -2.26. The minimum atomic E-state index is -3.83. The van der Waals surface area contributed by atoms with Gasteiger partial charge < -0.3 is 0 Å². The number of H-pyrrole nitrogens is 1. The van der Waals surface area contributed by atoms with E-state index >= 15 is 0 Å². The normalized spacial score (nSPS) is 13.3. The Kier molecular flexibility index (Phi) is 7.07. The summed E-state index contributed by atoms with van der Waals surface area (Å²) in [5.74, 6) is -1.38. The molecule has 1 aromatic heterocycles. The average molecular weight is 510 g/mol.